The summed E-state index contributed by atoms with van der Waals surface area (Å²) < 4.78 is 103. The van der Waals surface area contributed by atoms with Crippen molar-refractivity contribution in [3.63, 3.8) is 0 Å². The Bertz CT molecular complexity index is 8040. The topological polar surface area (TPSA) is 73.8 Å². The predicted molar refractivity (Wildman–Crippen MR) is 481 cm³/mol. The van der Waals surface area contributed by atoms with Gasteiger partial charge in [-0.05, 0) is 181 Å². The number of rotatable bonds is 9. The lowest BCUT2D eigenvalue weighted by molar-refractivity contribution is 0.590. The van der Waals surface area contributed by atoms with Gasteiger partial charge in [0.25, 0.3) is 6.71 Å². The van der Waals surface area contributed by atoms with Crippen LogP contribution in [0.2, 0.25) is 0 Å². The molecule has 0 N–H and O–H groups in total. The van der Waals surface area contributed by atoms with Crippen LogP contribution in [0.25, 0.3) is 143 Å². The number of benzene rings is 16. The van der Waals surface area contributed by atoms with Crippen molar-refractivity contribution in [2.24, 2.45) is 0 Å². The van der Waals surface area contributed by atoms with E-state index in [1.807, 2.05) is 143 Å². The molecule has 0 amide bonds. The molecule has 0 radical (unpaired) electrons. The van der Waals surface area contributed by atoms with Crippen molar-refractivity contribution in [3.05, 3.63) is 368 Å². The Morgan fingerprint density at radius 2 is 0.704 bits per heavy atom. The lowest BCUT2D eigenvalue weighted by Gasteiger charge is -2.45. The molecular weight excluding hydrogens is 1400 g/mol. The molecule has 8 nitrogen and oxygen atoms in total. The van der Waals surface area contributed by atoms with Gasteiger partial charge in [-0.15, -0.1) is 0 Å². The number of anilines is 6. The van der Waals surface area contributed by atoms with Crippen LogP contribution in [-0.4, -0.2) is 25.0 Å². The summed E-state index contributed by atoms with van der Waals surface area (Å²) in [5.74, 6) is 0. The third-order valence-electron chi connectivity index (χ3n) is 23.9. The first kappa shape index (κ1) is 57.4. The normalized spacial score (nSPS) is 13.9. The van der Waals surface area contributed by atoms with Crippen molar-refractivity contribution in [1.29, 1.82) is 10.5 Å². The van der Waals surface area contributed by atoms with Crippen molar-refractivity contribution in [3.8, 4) is 68.3 Å². The fourth-order valence-corrected chi connectivity index (χ4v) is 18.7. The van der Waals surface area contributed by atoms with Crippen LogP contribution in [0.4, 0.5) is 34.1 Å². The molecule has 115 heavy (non-hydrogen) atoms. The molecule has 2 aliphatic rings. The summed E-state index contributed by atoms with van der Waals surface area (Å²) in [7, 11) is 0. The lowest BCUT2D eigenvalue weighted by Crippen LogP contribution is -2.61. The van der Waals surface area contributed by atoms with Gasteiger partial charge in [-0.3, -0.25) is 0 Å². The molecule has 0 saturated carbocycles. The molecule has 542 valence electrons. The van der Waals surface area contributed by atoms with Gasteiger partial charge in [0.2, 0.25) is 0 Å². The van der Waals surface area contributed by atoms with E-state index < -0.39 is 67.1 Å². The van der Waals surface area contributed by atoms with E-state index in [0.29, 0.717) is 56.2 Å². The minimum Gasteiger partial charge on any atom is -0.310 e. The van der Waals surface area contributed by atoms with Crippen LogP contribution in [0.1, 0.15) is 77.5 Å². The third kappa shape index (κ3) is 10.2. The van der Waals surface area contributed by atoms with Crippen molar-refractivity contribution in [1.82, 2.24) is 18.3 Å². The van der Waals surface area contributed by atoms with Crippen LogP contribution in [0.5, 0.6) is 0 Å². The van der Waals surface area contributed by atoms with E-state index in [-0.39, 0.29) is 50.0 Å². The molecule has 22 rings (SSSR count). The zero-order valence-electron chi connectivity index (χ0n) is 73.8. The van der Waals surface area contributed by atoms with Crippen LogP contribution in [0.15, 0.2) is 346 Å². The van der Waals surface area contributed by atoms with Gasteiger partial charge in [-0.1, -0.05) is 272 Å². The van der Waals surface area contributed by atoms with Crippen LogP contribution in [0, 0.1) is 22.7 Å². The Balaban J connectivity index is 0.928. The molecule has 9 heteroatoms. The quantitative estimate of drug-likeness (QED) is 0.135. The van der Waals surface area contributed by atoms with Gasteiger partial charge in [0.05, 0.1) is 86.3 Å². The smallest absolute Gasteiger partial charge is 0.252 e. The summed E-state index contributed by atoms with van der Waals surface area (Å²) in [6, 6.07) is 97.8. The molecule has 0 spiro atoms. The molecule has 0 unspecified atom stereocenters. The maximum atomic E-state index is 13.0. The highest BCUT2D eigenvalue weighted by Crippen LogP contribution is 2.53. The van der Waals surface area contributed by atoms with Crippen LogP contribution in [-0.2, 0) is 10.8 Å². The fraction of sp³-hybridized carbons (Fsp3) is 0.0755. The van der Waals surface area contributed by atoms with Crippen LogP contribution in [0.3, 0.4) is 0 Å². The fourth-order valence-electron chi connectivity index (χ4n) is 18.7. The summed E-state index contributed by atoms with van der Waals surface area (Å²) in [5, 5.41) is 33.6. The van der Waals surface area contributed by atoms with E-state index >= 15 is 0 Å². The molecule has 2 aliphatic heterocycles. The average Bonchev–Trinajstić information content (AvgIpc) is 0.843. The summed E-state index contributed by atoms with van der Waals surface area (Å²) in [5.41, 5.74) is 19.3. The Labute approximate surface area is 681 Å². The maximum Gasteiger partial charge on any atom is 0.252 e. The molecule has 20 aromatic rings. The first-order valence-electron chi connectivity index (χ1n) is 43.9. The number of nitriles is 2. The summed E-state index contributed by atoms with van der Waals surface area (Å²) in [6.07, 6.45) is 0. The van der Waals surface area contributed by atoms with Crippen LogP contribution < -0.4 is 26.2 Å². The molecule has 0 atom stereocenters. The molecule has 0 aliphatic carbocycles. The Morgan fingerprint density at radius 3 is 1.25 bits per heavy atom. The number of hydrogen-bond acceptors (Lipinski definition) is 4. The van der Waals surface area contributed by atoms with Crippen molar-refractivity contribution in [2.75, 3.05) is 9.80 Å². The largest absolute Gasteiger partial charge is 0.310 e. The van der Waals surface area contributed by atoms with Gasteiger partial charge in [0.15, 0.2) is 0 Å². The van der Waals surface area contributed by atoms with E-state index in [2.05, 4.69) is 212 Å². The van der Waals surface area contributed by atoms with Gasteiger partial charge < -0.3 is 28.1 Å². The number of fused-ring (bicyclic) bond motifs is 16. The molecular formula is C106H75BN8. The lowest BCUT2D eigenvalue weighted by atomic mass is 9.33. The third-order valence-corrected chi connectivity index (χ3v) is 23.9. The number of nitrogens with zero attached hydrogens (tertiary/aromatic N) is 8. The molecule has 0 fully saturated rings. The van der Waals surface area contributed by atoms with E-state index in [0.717, 1.165) is 110 Å². The van der Waals surface area contributed by atoms with Gasteiger partial charge >= 0.3 is 0 Å². The average molecular weight is 1480 g/mol. The number of para-hydroxylation sites is 5. The molecule has 16 aromatic carbocycles. The number of hydrogen-bond donors (Lipinski definition) is 0. The van der Waals surface area contributed by atoms with Gasteiger partial charge in [0, 0.05) is 77.1 Å². The summed E-state index contributed by atoms with van der Waals surface area (Å²) in [6.45, 7) is 12.7. The predicted octanol–water partition coefficient (Wildman–Crippen LogP) is 25.5. The molecule has 0 saturated heterocycles. The second-order valence-electron chi connectivity index (χ2n) is 32.3. The van der Waals surface area contributed by atoms with Gasteiger partial charge in [-0.2, -0.15) is 10.5 Å². The van der Waals surface area contributed by atoms with Crippen LogP contribution >= 0.6 is 0 Å². The highest BCUT2D eigenvalue weighted by molar-refractivity contribution is 7.00. The number of aromatic nitrogens is 4. The second kappa shape index (κ2) is 25.4. The molecule has 6 heterocycles. The SMILES string of the molecule is [2H]c1c([2H])c([2H])c(-c2ccc3c(c2)N(c2ccc(-c4c([2H])c([2H])c([2H])c([2H])c4[2H])c(-n4c5ccccc5c5ccccc54)c2C#N)c2cc(-n4c5ccccc5c5cc(-c6ccccc6)ccc54)cc4c2B3c2ccc(-n3c5ccc(C(C)(C)C)cc5c5cc(C(C)(C)C)ccc53)cc2N4c2cccc(-n3c4ccccc4c4ccccc43)c2C#N)c([2H])c1[2H]. The van der Waals surface area contributed by atoms with Gasteiger partial charge in [-0.25, -0.2) is 0 Å². The zero-order valence-corrected chi connectivity index (χ0v) is 63.8. The summed E-state index contributed by atoms with van der Waals surface area (Å²) >= 11 is 0. The maximum absolute atomic E-state index is 13.0. The van der Waals surface area contributed by atoms with E-state index in [1.54, 1.807) is 12.1 Å². The Kier molecular flexibility index (Phi) is 12.7. The second-order valence-corrected chi connectivity index (χ2v) is 32.3. The minimum absolute atomic E-state index is 0.0293. The summed E-state index contributed by atoms with van der Waals surface area (Å²) in [4.78, 5) is 4.31. The first-order chi connectivity index (χ1) is 60.4. The first-order valence-corrected chi connectivity index (χ1v) is 38.9. The highest BCUT2D eigenvalue weighted by Gasteiger charge is 2.46. The Morgan fingerprint density at radius 1 is 0.287 bits per heavy atom. The molecule has 4 aromatic heterocycles. The minimum atomic E-state index is -0.748. The van der Waals surface area contributed by atoms with Gasteiger partial charge in [0.1, 0.15) is 23.3 Å². The highest BCUT2D eigenvalue weighted by atomic mass is 15.2. The van der Waals surface area contributed by atoms with Crippen molar-refractivity contribution < 1.29 is 13.7 Å². The van der Waals surface area contributed by atoms with E-state index in [1.165, 1.54) is 11.1 Å². The van der Waals surface area contributed by atoms with Crippen molar-refractivity contribution >= 4 is 144 Å². The zero-order chi connectivity index (χ0) is 86.0. The van der Waals surface area contributed by atoms with E-state index in [9.17, 15) is 21.5 Å². The van der Waals surface area contributed by atoms with Crippen molar-refractivity contribution in [2.45, 2.75) is 52.4 Å². The van der Waals surface area contributed by atoms with E-state index in [4.69, 9.17) is 2.74 Å². The monoisotopic (exact) mass is 1480 g/mol. The molecule has 0 bridgehead atoms. The standard InChI is InChI=1S/C106H75BN8/c1-105(2,3)71-47-54-96-82(59-71)83-60-72(106(4,5)6)48-55-97(83)110(96)73-49-52-87-100(61-73)113(94-44-26-43-93(84(94)64-108)112-89-39-22-16-33-76(89)77-34-17-23-40-90(77)112)101-62-74(111-88-38-21-20-37-80(88)81-57-69(46-53-95(81)111)66-27-10-7-11-28-66)63-102-103(101)107(87)86-51-45-70(67-29-12-8-13-30-67)58-99(86)114(102)98-56-50-75(68-31-14-9-15-32-68)104(85(98)65-109)115-91-41-24-18-35-78(91)79-36-19-25-42-92(79)115/h7-63H,1-6H3/i8D,9D,12D,13D,14D,15D,29D,30D,31D,32D. The Hall–Kier alpha value is -14.6.